The van der Waals surface area contributed by atoms with Gasteiger partial charge in [-0.3, -0.25) is 10.9 Å². The molecule has 18 heteroatoms. The first kappa shape index (κ1) is 33.3. The minimum Gasteiger partial charge on any atom is -0.395 e. The zero-order valence-electron chi connectivity index (χ0n) is 25.2. The molecule has 47 heavy (non-hydrogen) atoms. The van der Waals surface area contributed by atoms with Crippen molar-refractivity contribution in [2.75, 3.05) is 24.9 Å². The number of anilines is 2. The standard InChI is InChI=1S/C29H28F2N8O6S2/c1-17(19-5-10-22(11-6-19)46(40,41)32-3)36-38-26-16-27(39-37-18(2)20-7-12-23(13-8-20)47(42,43)33-4)35-28(34-26)21-9-14-24-25(15-21)45-29(30,31)44-24/h5-16,32-33H,1-4H3,(H2,34,35,38,39). The number of hydrogen-bond acceptors (Lipinski definition) is 12. The van der Waals surface area contributed by atoms with Crippen LogP contribution in [0.4, 0.5) is 20.4 Å². The quantitative estimate of drug-likeness (QED) is 0.133. The zero-order chi connectivity index (χ0) is 34.0. The average Bonchev–Trinajstić information content (AvgIpc) is 3.39. The minimum atomic E-state index is -3.80. The van der Waals surface area contributed by atoms with Gasteiger partial charge in [-0.15, -0.1) is 8.78 Å². The van der Waals surface area contributed by atoms with Crippen molar-refractivity contribution in [3.8, 4) is 22.9 Å². The van der Waals surface area contributed by atoms with E-state index in [4.69, 9.17) is 0 Å². The van der Waals surface area contributed by atoms with E-state index in [0.717, 1.165) is 0 Å². The van der Waals surface area contributed by atoms with Crippen LogP contribution in [0.1, 0.15) is 25.0 Å². The number of nitrogens with one attached hydrogen (secondary N) is 4. The van der Waals surface area contributed by atoms with E-state index in [1.165, 1.54) is 62.6 Å². The molecule has 1 aliphatic rings. The number of nitrogens with zero attached hydrogens (tertiary/aromatic N) is 4. The van der Waals surface area contributed by atoms with E-state index in [9.17, 15) is 25.6 Å². The molecule has 4 aromatic rings. The van der Waals surface area contributed by atoms with Crippen LogP contribution >= 0.6 is 0 Å². The zero-order valence-corrected chi connectivity index (χ0v) is 26.9. The summed E-state index contributed by atoms with van der Waals surface area (Å²) in [5.74, 6) is 0.156. The lowest BCUT2D eigenvalue weighted by Gasteiger charge is -2.10. The fourth-order valence-electron chi connectivity index (χ4n) is 4.18. The number of benzene rings is 3. The topological polar surface area (TPSA) is 185 Å². The van der Waals surface area contributed by atoms with Gasteiger partial charge in [-0.1, -0.05) is 24.3 Å². The molecule has 5 rings (SSSR count). The maximum absolute atomic E-state index is 13.6. The van der Waals surface area contributed by atoms with E-state index in [0.29, 0.717) is 28.1 Å². The molecule has 3 aromatic carbocycles. The molecule has 0 bridgehead atoms. The fraction of sp³-hybridized carbons (Fsp3) is 0.172. The summed E-state index contributed by atoms with van der Waals surface area (Å²) in [5, 5.41) is 8.71. The Morgan fingerprint density at radius 3 is 1.57 bits per heavy atom. The Bertz CT molecular complexity index is 1980. The van der Waals surface area contributed by atoms with Gasteiger partial charge in [0.25, 0.3) is 0 Å². The molecule has 0 saturated carbocycles. The molecule has 0 amide bonds. The van der Waals surface area contributed by atoms with Crippen molar-refractivity contribution in [1.29, 1.82) is 0 Å². The summed E-state index contributed by atoms with van der Waals surface area (Å²) in [6, 6.07) is 17.8. The van der Waals surface area contributed by atoms with E-state index in [2.05, 4.69) is 49.9 Å². The van der Waals surface area contributed by atoms with E-state index >= 15 is 0 Å². The summed E-state index contributed by atoms with van der Waals surface area (Å²) in [6.07, 6.45) is -3.80. The number of rotatable bonds is 11. The molecular weight excluding hydrogens is 658 g/mol. The number of halogens is 2. The summed E-state index contributed by atoms with van der Waals surface area (Å²) in [5.41, 5.74) is 8.25. The van der Waals surface area contributed by atoms with Crippen molar-refractivity contribution in [3.63, 3.8) is 0 Å². The van der Waals surface area contributed by atoms with Crippen molar-refractivity contribution in [2.45, 2.75) is 29.9 Å². The first-order chi connectivity index (χ1) is 22.2. The Hall–Kier alpha value is -5.04. The van der Waals surface area contributed by atoms with Crippen LogP contribution in [0, 0.1) is 0 Å². The van der Waals surface area contributed by atoms with Gasteiger partial charge < -0.3 is 9.47 Å². The van der Waals surface area contributed by atoms with E-state index in [-0.39, 0.29) is 38.8 Å². The number of hydrazone groups is 2. The van der Waals surface area contributed by atoms with E-state index in [1.807, 2.05) is 0 Å². The lowest BCUT2D eigenvalue weighted by atomic mass is 10.1. The van der Waals surface area contributed by atoms with Crippen LogP contribution in [0.25, 0.3) is 11.4 Å². The molecule has 0 aliphatic carbocycles. The smallest absolute Gasteiger partial charge is 0.395 e. The maximum atomic E-state index is 13.6. The van der Waals surface area contributed by atoms with Crippen molar-refractivity contribution in [3.05, 3.63) is 83.9 Å². The first-order valence-corrected chi connectivity index (χ1v) is 16.6. The summed E-state index contributed by atoms with van der Waals surface area (Å²) in [6.45, 7) is 3.41. The minimum absolute atomic E-state index is 0.0944. The molecule has 1 aromatic heterocycles. The molecule has 0 fully saturated rings. The van der Waals surface area contributed by atoms with Crippen LogP contribution in [0.2, 0.25) is 0 Å². The number of alkyl halides is 2. The highest BCUT2D eigenvalue weighted by Gasteiger charge is 2.43. The summed E-state index contributed by atoms with van der Waals surface area (Å²) in [7, 11) is -4.57. The number of fused-ring (bicyclic) bond motifs is 1. The van der Waals surface area contributed by atoms with Gasteiger partial charge in [-0.05, 0) is 81.5 Å². The highest BCUT2D eigenvalue weighted by Crippen LogP contribution is 2.42. The number of hydrogen-bond donors (Lipinski definition) is 4. The van der Waals surface area contributed by atoms with Crippen LogP contribution in [-0.4, -0.2) is 58.6 Å². The fourth-order valence-corrected chi connectivity index (χ4v) is 5.64. The van der Waals surface area contributed by atoms with Crippen LogP contribution < -0.4 is 29.8 Å². The van der Waals surface area contributed by atoms with Gasteiger partial charge in [0.1, 0.15) is 0 Å². The van der Waals surface area contributed by atoms with Crippen molar-refractivity contribution < 1.29 is 35.1 Å². The predicted octanol–water partition coefficient (Wildman–Crippen LogP) is 3.95. The third-order valence-electron chi connectivity index (χ3n) is 6.76. The second-order valence-electron chi connectivity index (χ2n) is 9.87. The van der Waals surface area contributed by atoms with Crippen LogP contribution in [0.3, 0.4) is 0 Å². The highest BCUT2D eigenvalue weighted by molar-refractivity contribution is 7.89. The average molecular weight is 687 g/mol. The number of sulfonamides is 2. The van der Waals surface area contributed by atoms with E-state index in [1.54, 1.807) is 38.1 Å². The molecule has 0 saturated heterocycles. The molecule has 14 nitrogen and oxygen atoms in total. The second-order valence-corrected chi connectivity index (χ2v) is 13.6. The highest BCUT2D eigenvalue weighted by atomic mass is 32.2. The molecule has 1 aliphatic heterocycles. The van der Waals surface area contributed by atoms with Gasteiger partial charge >= 0.3 is 6.29 Å². The van der Waals surface area contributed by atoms with Gasteiger partial charge in [0.05, 0.1) is 21.2 Å². The Labute approximate surface area is 269 Å². The molecule has 0 unspecified atom stereocenters. The third-order valence-corrected chi connectivity index (χ3v) is 9.62. The van der Waals surface area contributed by atoms with Gasteiger partial charge in [0.15, 0.2) is 29.0 Å². The van der Waals surface area contributed by atoms with Crippen molar-refractivity contribution in [2.24, 2.45) is 10.2 Å². The number of aromatic nitrogens is 2. The lowest BCUT2D eigenvalue weighted by molar-refractivity contribution is -0.286. The molecule has 0 spiro atoms. The third kappa shape index (κ3) is 7.68. The van der Waals surface area contributed by atoms with Crippen LogP contribution in [0.15, 0.2) is 92.8 Å². The number of ether oxygens (including phenoxy) is 2. The SMILES string of the molecule is CNS(=O)(=O)c1ccc(C(C)=NNc2cc(NN=C(C)c3ccc(S(=O)(=O)NC)cc3)nc(-c3ccc4c(c3)OC(F)(F)O4)n2)cc1. The maximum Gasteiger partial charge on any atom is 0.586 e. The van der Waals surface area contributed by atoms with Gasteiger partial charge in [0, 0.05) is 11.6 Å². The first-order valence-electron chi connectivity index (χ1n) is 13.7. The molecule has 0 radical (unpaired) electrons. The van der Waals surface area contributed by atoms with E-state index < -0.39 is 26.3 Å². The monoisotopic (exact) mass is 686 g/mol. The van der Waals surface area contributed by atoms with Gasteiger partial charge in [0.2, 0.25) is 20.0 Å². The van der Waals surface area contributed by atoms with Crippen molar-refractivity contribution in [1.82, 2.24) is 19.4 Å². The molecule has 4 N–H and O–H groups in total. The van der Waals surface area contributed by atoms with Gasteiger partial charge in [-0.2, -0.15) is 10.2 Å². The molecular formula is C29H28F2N8O6S2. The summed E-state index contributed by atoms with van der Waals surface area (Å²) in [4.78, 5) is 9.11. The molecule has 246 valence electrons. The van der Waals surface area contributed by atoms with Crippen molar-refractivity contribution >= 4 is 43.1 Å². The molecule has 0 atom stereocenters. The van der Waals surface area contributed by atoms with Gasteiger partial charge in [-0.25, -0.2) is 36.2 Å². The molecule has 2 heterocycles. The largest absolute Gasteiger partial charge is 0.586 e. The predicted molar refractivity (Wildman–Crippen MR) is 171 cm³/mol. The second kappa shape index (κ2) is 13.0. The summed E-state index contributed by atoms with van der Waals surface area (Å²) < 4.78 is 89.0. The normalized spacial score (nSPS) is 14.6. The van der Waals surface area contributed by atoms with Crippen LogP contribution in [-0.2, 0) is 20.0 Å². The Morgan fingerprint density at radius 2 is 1.13 bits per heavy atom. The Kier molecular flexibility index (Phi) is 9.21. The van der Waals surface area contributed by atoms with Crippen LogP contribution in [0.5, 0.6) is 11.5 Å². The Balaban J connectivity index is 1.44. The lowest BCUT2D eigenvalue weighted by Crippen LogP contribution is -2.25. The summed E-state index contributed by atoms with van der Waals surface area (Å²) >= 11 is 0. The Morgan fingerprint density at radius 1 is 0.681 bits per heavy atom.